The number of halogens is 3. The third-order valence-corrected chi connectivity index (χ3v) is 3.33. The largest absolute Gasteiger partial charge is 0.307 e. The first-order valence-electron chi connectivity index (χ1n) is 5.39. The van der Waals surface area contributed by atoms with Crippen molar-refractivity contribution in [3.05, 3.63) is 52.0 Å². The summed E-state index contributed by atoms with van der Waals surface area (Å²) in [4.78, 5) is 4.44. The van der Waals surface area contributed by atoms with Gasteiger partial charge in [-0.25, -0.2) is 9.37 Å². The third-order valence-electron chi connectivity index (χ3n) is 2.93. The summed E-state index contributed by atoms with van der Waals surface area (Å²) in [5, 5.41) is 3.28. The zero-order chi connectivity index (χ0) is 11.8. The molecule has 1 N–H and O–H groups in total. The molecule has 0 spiro atoms. The minimum Gasteiger partial charge on any atom is -0.307 e. The highest BCUT2D eigenvalue weighted by Crippen LogP contribution is 2.30. The molecule has 5 heteroatoms. The highest BCUT2D eigenvalue weighted by Gasteiger charge is 2.17. The number of benzene rings is 1. The summed E-state index contributed by atoms with van der Waals surface area (Å²) in [6.45, 7) is 1.62. The van der Waals surface area contributed by atoms with E-state index < -0.39 is 0 Å². The highest BCUT2D eigenvalue weighted by molar-refractivity contribution is 9.10. The van der Waals surface area contributed by atoms with E-state index in [4.69, 9.17) is 0 Å². The molecule has 2 nitrogen and oxygen atoms in total. The summed E-state index contributed by atoms with van der Waals surface area (Å²) >= 11 is 3.41. The average Bonchev–Trinajstić information content (AvgIpc) is 2.77. The number of pyridine rings is 1. The van der Waals surface area contributed by atoms with Gasteiger partial charge >= 0.3 is 0 Å². The van der Waals surface area contributed by atoms with Gasteiger partial charge in [-0.15, -0.1) is 17.0 Å². The second-order valence-corrected chi connectivity index (χ2v) is 4.84. The van der Waals surface area contributed by atoms with Crippen LogP contribution in [0.4, 0.5) is 4.39 Å². The topological polar surface area (TPSA) is 24.9 Å². The molecule has 2 heterocycles. The number of nitrogens with zero attached hydrogens (tertiary/aromatic N) is 1. The first-order valence-corrected chi connectivity index (χ1v) is 6.18. The van der Waals surface area contributed by atoms with Gasteiger partial charge in [-0.3, -0.25) is 0 Å². The number of hydrogen-bond acceptors (Lipinski definition) is 2. The van der Waals surface area contributed by atoms with Crippen molar-refractivity contribution in [2.24, 2.45) is 0 Å². The summed E-state index contributed by atoms with van der Waals surface area (Å²) in [5.41, 5.74) is 4.42. The van der Waals surface area contributed by atoms with Gasteiger partial charge in [-0.2, -0.15) is 0 Å². The molecule has 0 fully saturated rings. The number of rotatable bonds is 1. The Morgan fingerprint density at radius 2 is 1.89 bits per heavy atom. The molecule has 18 heavy (non-hydrogen) atoms. The first-order chi connectivity index (χ1) is 8.24. The van der Waals surface area contributed by atoms with E-state index in [0.717, 1.165) is 34.5 Å². The van der Waals surface area contributed by atoms with E-state index in [1.807, 2.05) is 6.07 Å². The SMILES string of the molecule is Br.Fc1ccc(-c2cc(Br)nc3c2CNC3)cc1. The average molecular weight is 374 g/mol. The molecule has 1 aromatic heterocycles. The molecule has 0 saturated heterocycles. The van der Waals surface area contributed by atoms with Crippen molar-refractivity contribution in [3.63, 3.8) is 0 Å². The van der Waals surface area contributed by atoms with Gasteiger partial charge in [0.15, 0.2) is 0 Å². The molecule has 1 aliphatic rings. The zero-order valence-electron chi connectivity index (χ0n) is 9.41. The molecular weight excluding hydrogens is 363 g/mol. The van der Waals surface area contributed by atoms with Crippen LogP contribution in [0, 0.1) is 5.82 Å². The van der Waals surface area contributed by atoms with E-state index in [9.17, 15) is 4.39 Å². The first kappa shape index (κ1) is 13.6. The maximum absolute atomic E-state index is 12.9. The van der Waals surface area contributed by atoms with E-state index in [-0.39, 0.29) is 22.8 Å². The standard InChI is InChI=1S/C13H10BrFN2.BrH/c14-13-5-10(8-1-3-9(15)4-2-8)11-6-16-7-12(11)17-13;/h1-5,16H,6-7H2;1H. The van der Waals surface area contributed by atoms with E-state index in [0.29, 0.717) is 0 Å². The molecular formula is C13H11Br2FN2. The molecule has 0 radical (unpaired) electrons. The maximum Gasteiger partial charge on any atom is 0.123 e. The summed E-state index contributed by atoms with van der Waals surface area (Å²) in [6, 6.07) is 8.56. The second kappa shape index (κ2) is 5.47. The molecule has 1 aliphatic heterocycles. The van der Waals surface area contributed by atoms with Crippen LogP contribution in [0.1, 0.15) is 11.3 Å². The molecule has 0 saturated carbocycles. The molecule has 0 atom stereocenters. The molecule has 2 aromatic rings. The summed E-state index contributed by atoms with van der Waals surface area (Å²) < 4.78 is 13.7. The lowest BCUT2D eigenvalue weighted by Crippen LogP contribution is -2.00. The summed E-state index contributed by atoms with van der Waals surface area (Å²) in [5.74, 6) is -0.211. The van der Waals surface area contributed by atoms with Crippen molar-refractivity contribution in [3.8, 4) is 11.1 Å². The quantitative estimate of drug-likeness (QED) is 0.768. The fraction of sp³-hybridized carbons (Fsp3) is 0.154. The minimum atomic E-state index is -0.211. The Morgan fingerprint density at radius 3 is 2.61 bits per heavy atom. The highest BCUT2D eigenvalue weighted by atomic mass is 79.9. The number of aromatic nitrogens is 1. The Kier molecular flexibility index (Phi) is 4.14. The van der Waals surface area contributed by atoms with Crippen molar-refractivity contribution in [2.45, 2.75) is 13.1 Å². The number of hydrogen-bond donors (Lipinski definition) is 1. The van der Waals surface area contributed by atoms with E-state index >= 15 is 0 Å². The Morgan fingerprint density at radius 1 is 1.17 bits per heavy atom. The number of fused-ring (bicyclic) bond motifs is 1. The van der Waals surface area contributed by atoms with Crippen LogP contribution in [0.25, 0.3) is 11.1 Å². The van der Waals surface area contributed by atoms with Crippen LogP contribution in [0.15, 0.2) is 34.9 Å². The van der Waals surface area contributed by atoms with Gasteiger partial charge in [0.2, 0.25) is 0 Å². The van der Waals surface area contributed by atoms with Crippen LogP contribution < -0.4 is 5.32 Å². The van der Waals surface area contributed by atoms with Crippen LogP contribution >= 0.6 is 32.9 Å². The second-order valence-electron chi connectivity index (χ2n) is 4.03. The van der Waals surface area contributed by atoms with Crippen LogP contribution in [0.5, 0.6) is 0 Å². The van der Waals surface area contributed by atoms with Crippen molar-refractivity contribution < 1.29 is 4.39 Å². The van der Waals surface area contributed by atoms with Gasteiger partial charge in [0.05, 0.1) is 5.69 Å². The predicted octanol–water partition coefficient (Wildman–Crippen LogP) is 3.83. The molecule has 3 rings (SSSR count). The summed E-state index contributed by atoms with van der Waals surface area (Å²) in [7, 11) is 0. The molecule has 0 unspecified atom stereocenters. The Balaban J connectivity index is 0.00000120. The van der Waals surface area contributed by atoms with Gasteiger partial charge < -0.3 is 5.32 Å². The third kappa shape index (κ3) is 2.48. The molecule has 0 bridgehead atoms. The Bertz CT molecular complexity index is 570. The fourth-order valence-electron chi connectivity index (χ4n) is 2.13. The van der Waals surface area contributed by atoms with Gasteiger partial charge in [0.25, 0.3) is 0 Å². The minimum absolute atomic E-state index is 0. The van der Waals surface area contributed by atoms with E-state index in [2.05, 4.69) is 26.2 Å². The summed E-state index contributed by atoms with van der Waals surface area (Å²) in [6.07, 6.45) is 0. The predicted molar refractivity (Wildman–Crippen MR) is 78.2 cm³/mol. The normalized spacial score (nSPS) is 13.0. The number of nitrogens with one attached hydrogen (secondary N) is 1. The molecule has 1 aromatic carbocycles. The Hall–Kier alpha value is -0.780. The van der Waals surface area contributed by atoms with Crippen LogP contribution in [0.3, 0.4) is 0 Å². The van der Waals surface area contributed by atoms with Crippen LogP contribution in [-0.4, -0.2) is 4.98 Å². The van der Waals surface area contributed by atoms with Crippen molar-refractivity contribution in [1.82, 2.24) is 10.3 Å². The fourth-order valence-corrected chi connectivity index (χ4v) is 2.57. The lowest BCUT2D eigenvalue weighted by molar-refractivity contribution is 0.628. The van der Waals surface area contributed by atoms with Gasteiger partial charge in [0.1, 0.15) is 10.4 Å². The van der Waals surface area contributed by atoms with Gasteiger partial charge in [0, 0.05) is 13.1 Å². The van der Waals surface area contributed by atoms with Crippen molar-refractivity contribution in [2.75, 3.05) is 0 Å². The van der Waals surface area contributed by atoms with Crippen molar-refractivity contribution in [1.29, 1.82) is 0 Å². The lowest BCUT2D eigenvalue weighted by Gasteiger charge is -2.08. The zero-order valence-corrected chi connectivity index (χ0v) is 12.7. The maximum atomic E-state index is 12.9. The molecule has 0 amide bonds. The smallest absolute Gasteiger partial charge is 0.123 e. The molecule has 0 aliphatic carbocycles. The van der Waals surface area contributed by atoms with Crippen LogP contribution in [0.2, 0.25) is 0 Å². The van der Waals surface area contributed by atoms with Crippen LogP contribution in [-0.2, 0) is 13.1 Å². The molecule has 94 valence electrons. The van der Waals surface area contributed by atoms with Gasteiger partial charge in [-0.1, -0.05) is 12.1 Å². The lowest BCUT2D eigenvalue weighted by atomic mass is 10.0. The van der Waals surface area contributed by atoms with Gasteiger partial charge in [-0.05, 0) is 50.8 Å². The van der Waals surface area contributed by atoms with E-state index in [1.54, 1.807) is 12.1 Å². The van der Waals surface area contributed by atoms with E-state index in [1.165, 1.54) is 17.7 Å². The monoisotopic (exact) mass is 372 g/mol. The van der Waals surface area contributed by atoms with Crippen molar-refractivity contribution >= 4 is 32.9 Å². The Labute approximate surface area is 124 Å².